The van der Waals surface area contributed by atoms with Gasteiger partial charge in [-0.25, -0.2) is 4.68 Å². The molecule has 0 amide bonds. The Bertz CT molecular complexity index is 618. The highest BCUT2D eigenvalue weighted by Crippen LogP contribution is 2.21. The Morgan fingerprint density at radius 2 is 2.06 bits per heavy atom. The maximum atomic E-state index is 11.8. The third-order valence-corrected chi connectivity index (χ3v) is 3.39. The van der Waals surface area contributed by atoms with Crippen molar-refractivity contribution in [1.29, 1.82) is 0 Å². The van der Waals surface area contributed by atoms with Crippen LogP contribution < -0.4 is 10.5 Å². The molecule has 0 aliphatic rings. The van der Waals surface area contributed by atoms with E-state index in [9.17, 15) is 4.79 Å². The summed E-state index contributed by atoms with van der Waals surface area (Å²) in [7, 11) is 5.41. The van der Waals surface area contributed by atoms with Crippen molar-refractivity contribution in [1.82, 2.24) is 19.6 Å². The zero-order valence-electron chi connectivity index (χ0n) is 10.5. The molecule has 6 nitrogen and oxygen atoms in total. The average Bonchev–Trinajstić information content (AvgIpc) is 2.71. The minimum absolute atomic E-state index is 0.148. The summed E-state index contributed by atoms with van der Waals surface area (Å²) in [5.74, 6) is 0. The first-order valence-electron chi connectivity index (χ1n) is 5.39. The van der Waals surface area contributed by atoms with Crippen LogP contribution in [0.2, 0.25) is 0 Å². The Kier molecular flexibility index (Phi) is 3.51. The summed E-state index contributed by atoms with van der Waals surface area (Å²) in [5.41, 5.74) is 1.69. The quantitative estimate of drug-likeness (QED) is 0.845. The van der Waals surface area contributed by atoms with Gasteiger partial charge in [-0.05, 0) is 15.9 Å². The topological polar surface area (TPSA) is 56.0 Å². The first-order chi connectivity index (χ1) is 8.49. The molecule has 96 valence electrons. The molecule has 0 saturated carbocycles. The van der Waals surface area contributed by atoms with Gasteiger partial charge >= 0.3 is 0 Å². The Morgan fingerprint density at radius 1 is 1.33 bits per heavy atom. The average molecular weight is 312 g/mol. The molecule has 0 atom stereocenters. The van der Waals surface area contributed by atoms with Crippen molar-refractivity contribution < 1.29 is 0 Å². The Balaban J connectivity index is 2.26. The molecular weight excluding hydrogens is 298 g/mol. The molecule has 0 aliphatic carbocycles. The van der Waals surface area contributed by atoms with Crippen LogP contribution in [0.3, 0.4) is 0 Å². The zero-order chi connectivity index (χ0) is 13.3. The molecule has 0 aromatic carbocycles. The maximum absolute atomic E-state index is 11.8. The number of hydrogen-bond donors (Lipinski definition) is 0. The number of anilines is 1. The van der Waals surface area contributed by atoms with E-state index in [1.54, 1.807) is 24.1 Å². The fourth-order valence-electron chi connectivity index (χ4n) is 1.68. The van der Waals surface area contributed by atoms with Gasteiger partial charge in [0.05, 0.1) is 18.1 Å². The number of hydrogen-bond acceptors (Lipinski definition) is 4. The minimum Gasteiger partial charge on any atom is -0.368 e. The molecule has 0 fully saturated rings. The van der Waals surface area contributed by atoms with Crippen LogP contribution in [-0.4, -0.2) is 26.6 Å². The van der Waals surface area contributed by atoms with Crippen molar-refractivity contribution in [3.63, 3.8) is 0 Å². The number of aromatic nitrogens is 4. The van der Waals surface area contributed by atoms with Crippen LogP contribution in [0.25, 0.3) is 0 Å². The van der Waals surface area contributed by atoms with E-state index < -0.39 is 0 Å². The molecule has 7 heteroatoms. The second kappa shape index (κ2) is 4.93. The van der Waals surface area contributed by atoms with Gasteiger partial charge in [0.15, 0.2) is 0 Å². The molecule has 0 saturated heterocycles. The van der Waals surface area contributed by atoms with Crippen molar-refractivity contribution in [3.05, 3.63) is 39.0 Å². The van der Waals surface area contributed by atoms with E-state index in [-0.39, 0.29) is 5.56 Å². The van der Waals surface area contributed by atoms with Gasteiger partial charge in [-0.15, -0.1) is 0 Å². The molecular formula is C11H14BrN5O. The predicted octanol–water partition coefficient (Wildman–Crippen LogP) is 0.913. The van der Waals surface area contributed by atoms with E-state index in [1.807, 2.05) is 25.2 Å². The summed E-state index contributed by atoms with van der Waals surface area (Å²) < 4.78 is 3.57. The lowest BCUT2D eigenvalue weighted by atomic mass is 10.3. The van der Waals surface area contributed by atoms with Crippen LogP contribution in [0, 0.1) is 0 Å². The maximum Gasteiger partial charge on any atom is 0.282 e. The normalized spacial score (nSPS) is 10.7. The second-order valence-electron chi connectivity index (χ2n) is 4.15. The lowest BCUT2D eigenvalue weighted by molar-refractivity contribution is 0.698. The van der Waals surface area contributed by atoms with Crippen LogP contribution in [0.15, 0.2) is 27.9 Å². The number of halogens is 1. The van der Waals surface area contributed by atoms with E-state index in [4.69, 9.17) is 0 Å². The number of aryl methyl sites for hydroxylation is 2. The fourth-order valence-corrected chi connectivity index (χ4v) is 2.34. The van der Waals surface area contributed by atoms with E-state index in [0.717, 1.165) is 11.3 Å². The van der Waals surface area contributed by atoms with Crippen LogP contribution in [0.5, 0.6) is 0 Å². The molecule has 0 spiro atoms. The molecule has 18 heavy (non-hydrogen) atoms. The third-order valence-electron chi connectivity index (χ3n) is 2.65. The molecule has 2 aromatic rings. The standard InChI is InChI=1S/C11H14BrN5O/c1-15(6-8-4-13-16(2)7-8)9-5-14-17(3)11(18)10(9)12/h4-5,7H,6H2,1-3H3. The summed E-state index contributed by atoms with van der Waals surface area (Å²) in [6.45, 7) is 0.668. The molecule has 0 N–H and O–H groups in total. The third kappa shape index (κ3) is 2.45. The first-order valence-corrected chi connectivity index (χ1v) is 6.19. The van der Waals surface area contributed by atoms with Crippen LogP contribution in [-0.2, 0) is 20.6 Å². The van der Waals surface area contributed by atoms with Crippen molar-refractivity contribution >= 4 is 21.6 Å². The van der Waals surface area contributed by atoms with Crippen LogP contribution in [0.1, 0.15) is 5.56 Å². The number of nitrogens with zero attached hydrogens (tertiary/aromatic N) is 5. The van der Waals surface area contributed by atoms with Crippen molar-refractivity contribution in [2.24, 2.45) is 14.1 Å². The van der Waals surface area contributed by atoms with E-state index in [0.29, 0.717) is 11.0 Å². The van der Waals surface area contributed by atoms with E-state index in [1.165, 1.54) is 4.68 Å². The monoisotopic (exact) mass is 311 g/mol. The summed E-state index contributed by atoms with van der Waals surface area (Å²) in [4.78, 5) is 13.7. The molecule has 2 rings (SSSR count). The summed E-state index contributed by atoms with van der Waals surface area (Å²) in [6, 6.07) is 0. The van der Waals surface area contributed by atoms with Crippen molar-refractivity contribution in [2.45, 2.75) is 6.54 Å². The first kappa shape index (κ1) is 12.8. The van der Waals surface area contributed by atoms with Gasteiger partial charge in [-0.2, -0.15) is 10.2 Å². The Labute approximate surface area is 113 Å². The van der Waals surface area contributed by atoms with Crippen molar-refractivity contribution in [3.8, 4) is 0 Å². The molecule has 2 aromatic heterocycles. The molecule has 2 heterocycles. The summed E-state index contributed by atoms with van der Waals surface area (Å²) >= 11 is 3.31. The van der Waals surface area contributed by atoms with E-state index in [2.05, 4.69) is 26.1 Å². The van der Waals surface area contributed by atoms with Gasteiger partial charge in [0.2, 0.25) is 0 Å². The van der Waals surface area contributed by atoms with Gasteiger partial charge in [-0.3, -0.25) is 9.48 Å². The molecule has 0 aliphatic heterocycles. The Hall–Kier alpha value is -1.63. The molecule has 0 unspecified atom stereocenters. The predicted molar refractivity (Wildman–Crippen MR) is 72.5 cm³/mol. The highest BCUT2D eigenvalue weighted by atomic mass is 79.9. The summed E-state index contributed by atoms with van der Waals surface area (Å²) in [5, 5.41) is 8.13. The van der Waals surface area contributed by atoms with Gasteiger partial charge < -0.3 is 4.90 Å². The van der Waals surface area contributed by atoms with E-state index >= 15 is 0 Å². The molecule has 0 radical (unpaired) electrons. The van der Waals surface area contributed by atoms with Gasteiger partial charge in [0.25, 0.3) is 5.56 Å². The highest BCUT2D eigenvalue weighted by molar-refractivity contribution is 9.10. The zero-order valence-corrected chi connectivity index (χ0v) is 12.0. The SMILES string of the molecule is CN(Cc1cnn(C)c1)c1cnn(C)c(=O)c1Br. The van der Waals surface area contributed by atoms with Crippen LogP contribution >= 0.6 is 15.9 Å². The van der Waals surface area contributed by atoms with Gasteiger partial charge in [0.1, 0.15) is 4.47 Å². The van der Waals surface area contributed by atoms with Crippen molar-refractivity contribution in [2.75, 3.05) is 11.9 Å². The van der Waals surface area contributed by atoms with Gasteiger partial charge in [0, 0.05) is 39.4 Å². The minimum atomic E-state index is -0.148. The number of rotatable bonds is 3. The second-order valence-corrected chi connectivity index (χ2v) is 4.94. The lowest BCUT2D eigenvalue weighted by Crippen LogP contribution is -2.25. The lowest BCUT2D eigenvalue weighted by Gasteiger charge is -2.19. The largest absolute Gasteiger partial charge is 0.368 e. The van der Waals surface area contributed by atoms with Crippen LogP contribution in [0.4, 0.5) is 5.69 Å². The Morgan fingerprint density at radius 3 is 2.67 bits per heavy atom. The van der Waals surface area contributed by atoms with Gasteiger partial charge in [-0.1, -0.05) is 0 Å². The smallest absolute Gasteiger partial charge is 0.282 e. The molecule has 0 bridgehead atoms. The fraction of sp³-hybridized carbons (Fsp3) is 0.364. The highest BCUT2D eigenvalue weighted by Gasteiger charge is 2.11. The summed E-state index contributed by atoms with van der Waals surface area (Å²) in [6.07, 6.45) is 5.42.